The molecule has 0 radical (unpaired) electrons. The van der Waals surface area contributed by atoms with Crippen molar-refractivity contribution in [3.05, 3.63) is 0 Å². The fourth-order valence-corrected chi connectivity index (χ4v) is 1.58. The van der Waals surface area contributed by atoms with Gasteiger partial charge in [-0.1, -0.05) is 13.3 Å². The molecule has 0 heterocycles. The average molecular weight is 216 g/mol. The minimum Gasteiger partial charge on any atom is -0.385 e. The van der Waals surface area contributed by atoms with Gasteiger partial charge in [-0.05, 0) is 45.9 Å². The summed E-state index contributed by atoms with van der Waals surface area (Å²) in [5.41, 5.74) is 0. The van der Waals surface area contributed by atoms with E-state index >= 15 is 0 Å². The first kappa shape index (κ1) is 14.9. The van der Waals surface area contributed by atoms with Gasteiger partial charge in [-0.3, -0.25) is 0 Å². The third-order valence-corrected chi connectivity index (χ3v) is 2.53. The number of nitrogens with one attached hydrogen (secondary N) is 1. The van der Waals surface area contributed by atoms with Crippen LogP contribution in [0.5, 0.6) is 0 Å². The molecule has 0 aliphatic carbocycles. The van der Waals surface area contributed by atoms with Crippen LogP contribution in [0.3, 0.4) is 0 Å². The molecule has 0 rings (SSSR count). The van der Waals surface area contributed by atoms with E-state index in [4.69, 9.17) is 4.74 Å². The van der Waals surface area contributed by atoms with Crippen LogP contribution < -0.4 is 5.32 Å². The molecule has 1 N–H and O–H groups in total. The van der Waals surface area contributed by atoms with Crippen LogP contribution in [0.25, 0.3) is 0 Å². The zero-order valence-corrected chi connectivity index (χ0v) is 10.7. The molecule has 0 aliphatic heterocycles. The monoisotopic (exact) mass is 216 g/mol. The number of hydrogen-bond acceptors (Lipinski definition) is 3. The molecule has 3 nitrogen and oxygen atoms in total. The maximum atomic E-state index is 5.03. The molecule has 0 saturated heterocycles. The molecule has 0 spiro atoms. The molecule has 0 aromatic heterocycles. The van der Waals surface area contributed by atoms with E-state index in [0.717, 1.165) is 26.1 Å². The number of unbranched alkanes of at least 4 members (excludes halogenated alkanes) is 2. The lowest BCUT2D eigenvalue weighted by Gasteiger charge is -2.15. The van der Waals surface area contributed by atoms with Gasteiger partial charge in [-0.25, -0.2) is 0 Å². The van der Waals surface area contributed by atoms with Crippen molar-refractivity contribution in [2.24, 2.45) is 0 Å². The Kier molecular flexibility index (Phi) is 11.9. The van der Waals surface area contributed by atoms with Crippen LogP contribution in [-0.4, -0.2) is 51.8 Å². The zero-order valence-electron chi connectivity index (χ0n) is 10.7. The Labute approximate surface area is 95.2 Å². The Morgan fingerprint density at radius 1 is 1.07 bits per heavy atom. The normalized spacial score (nSPS) is 11.2. The standard InChI is InChI=1S/C12H28N2O/c1-4-13-9-6-5-7-10-14(2)11-8-12-15-3/h13H,4-12H2,1-3H3. The SMILES string of the molecule is CCNCCCCCN(C)CCCOC. The van der Waals surface area contributed by atoms with Gasteiger partial charge < -0.3 is 15.0 Å². The second-order valence-electron chi connectivity index (χ2n) is 4.06. The fourth-order valence-electron chi connectivity index (χ4n) is 1.58. The maximum absolute atomic E-state index is 5.03. The third kappa shape index (κ3) is 11.8. The Bertz CT molecular complexity index is 120. The van der Waals surface area contributed by atoms with E-state index < -0.39 is 0 Å². The Morgan fingerprint density at radius 2 is 1.80 bits per heavy atom. The lowest BCUT2D eigenvalue weighted by molar-refractivity contribution is 0.179. The first-order chi connectivity index (χ1) is 7.31. The number of nitrogens with zero attached hydrogens (tertiary/aromatic N) is 1. The van der Waals surface area contributed by atoms with Crippen LogP contribution in [0.4, 0.5) is 0 Å². The number of rotatable bonds is 11. The molecule has 15 heavy (non-hydrogen) atoms. The molecule has 0 atom stereocenters. The highest BCUT2D eigenvalue weighted by molar-refractivity contribution is 4.53. The van der Waals surface area contributed by atoms with Gasteiger partial charge in [0.2, 0.25) is 0 Å². The van der Waals surface area contributed by atoms with Gasteiger partial charge in [-0.15, -0.1) is 0 Å². The van der Waals surface area contributed by atoms with E-state index in [1.165, 1.54) is 32.4 Å². The van der Waals surface area contributed by atoms with E-state index in [9.17, 15) is 0 Å². The summed E-state index contributed by atoms with van der Waals surface area (Å²) in [5, 5.41) is 3.35. The molecule has 92 valence electrons. The maximum Gasteiger partial charge on any atom is 0.0474 e. The summed E-state index contributed by atoms with van der Waals surface area (Å²) in [6, 6.07) is 0. The highest BCUT2D eigenvalue weighted by Gasteiger charge is 1.97. The van der Waals surface area contributed by atoms with Gasteiger partial charge in [0.05, 0.1) is 0 Å². The molecule has 3 heteroatoms. The average Bonchev–Trinajstić information content (AvgIpc) is 2.23. The van der Waals surface area contributed by atoms with Crippen LogP contribution in [-0.2, 0) is 4.74 Å². The van der Waals surface area contributed by atoms with Crippen molar-refractivity contribution in [1.29, 1.82) is 0 Å². The summed E-state index contributed by atoms with van der Waals surface area (Å²) < 4.78 is 5.03. The number of ether oxygens (including phenoxy) is 1. The van der Waals surface area contributed by atoms with Gasteiger partial charge in [0.25, 0.3) is 0 Å². The quantitative estimate of drug-likeness (QED) is 0.532. The van der Waals surface area contributed by atoms with Crippen molar-refractivity contribution >= 4 is 0 Å². The summed E-state index contributed by atoms with van der Waals surface area (Å²) in [7, 11) is 3.96. The van der Waals surface area contributed by atoms with Gasteiger partial charge in [0.1, 0.15) is 0 Å². The first-order valence-electron chi connectivity index (χ1n) is 6.19. The van der Waals surface area contributed by atoms with Crippen LogP contribution >= 0.6 is 0 Å². The predicted molar refractivity (Wildman–Crippen MR) is 66.4 cm³/mol. The first-order valence-corrected chi connectivity index (χ1v) is 6.19. The minimum atomic E-state index is 0.880. The molecule has 0 fully saturated rings. The molecule has 0 aliphatic rings. The molecule has 0 bridgehead atoms. The second kappa shape index (κ2) is 12.0. The summed E-state index contributed by atoms with van der Waals surface area (Å²) in [6.45, 7) is 7.67. The molecule has 0 amide bonds. The van der Waals surface area contributed by atoms with Crippen LogP contribution in [0.1, 0.15) is 32.6 Å². The van der Waals surface area contributed by atoms with Gasteiger partial charge in [0.15, 0.2) is 0 Å². The molecule has 0 aromatic rings. The second-order valence-corrected chi connectivity index (χ2v) is 4.06. The zero-order chi connectivity index (χ0) is 11.4. The van der Waals surface area contributed by atoms with Crippen molar-refractivity contribution in [1.82, 2.24) is 10.2 Å². The van der Waals surface area contributed by atoms with Gasteiger partial charge >= 0.3 is 0 Å². The highest BCUT2D eigenvalue weighted by Crippen LogP contribution is 1.97. The third-order valence-electron chi connectivity index (χ3n) is 2.53. The van der Waals surface area contributed by atoms with Gasteiger partial charge in [-0.2, -0.15) is 0 Å². The van der Waals surface area contributed by atoms with Crippen molar-refractivity contribution < 1.29 is 4.74 Å². The van der Waals surface area contributed by atoms with Crippen molar-refractivity contribution in [2.75, 3.05) is 46.9 Å². The molecular formula is C12H28N2O. The summed E-state index contributed by atoms with van der Waals surface area (Å²) >= 11 is 0. The van der Waals surface area contributed by atoms with Crippen LogP contribution in [0.15, 0.2) is 0 Å². The van der Waals surface area contributed by atoms with E-state index in [2.05, 4.69) is 24.2 Å². The van der Waals surface area contributed by atoms with E-state index in [0.29, 0.717) is 0 Å². The Hall–Kier alpha value is -0.120. The molecule has 0 aromatic carbocycles. The Balaban J connectivity index is 3.06. The smallest absolute Gasteiger partial charge is 0.0474 e. The minimum absolute atomic E-state index is 0.880. The topological polar surface area (TPSA) is 24.5 Å². The van der Waals surface area contributed by atoms with E-state index in [1.54, 1.807) is 7.11 Å². The van der Waals surface area contributed by atoms with Gasteiger partial charge in [0, 0.05) is 20.3 Å². The molecule has 0 unspecified atom stereocenters. The van der Waals surface area contributed by atoms with Crippen LogP contribution in [0, 0.1) is 0 Å². The summed E-state index contributed by atoms with van der Waals surface area (Å²) in [5.74, 6) is 0. The number of methoxy groups -OCH3 is 1. The lowest BCUT2D eigenvalue weighted by Crippen LogP contribution is -2.22. The molecule has 0 saturated carbocycles. The highest BCUT2D eigenvalue weighted by atomic mass is 16.5. The van der Waals surface area contributed by atoms with Crippen molar-refractivity contribution in [2.45, 2.75) is 32.6 Å². The number of hydrogen-bond donors (Lipinski definition) is 1. The Morgan fingerprint density at radius 3 is 2.47 bits per heavy atom. The largest absolute Gasteiger partial charge is 0.385 e. The van der Waals surface area contributed by atoms with Crippen molar-refractivity contribution in [3.8, 4) is 0 Å². The van der Waals surface area contributed by atoms with E-state index in [-0.39, 0.29) is 0 Å². The predicted octanol–water partition coefficient (Wildman–Crippen LogP) is 1.73. The molecular weight excluding hydrogens is 188 g/mol. The van der Waals surface area contributed by atoms with Crippen molar-refractivity contribution in [3.63, 3.8) is 0 Å². The fraction of sp³-hybridized carbons (Fsp3) is 1.00. The lowest BCUT2D eigenvalue weighted by atomic mass is 10.2. The summed E-state index contributed by atoms with van der Waals surface area (Å²) in [6.07, 6.45) is 5.10. The summed E-state index contributed by atoms with van der Waals surface area (Å²) in [4.78, 5) is 2.40. The van der Waals surface area contributed by atoms with E-state index in [1.807, 2.05) is 0 Å². The van der Waals surface area contributed by atoms with Crippen LogP contribution in [0.2, 0.25) is 0 Å².